The van der Waals surface area contributed by atoms with Crippen LogP contribution in [0.25, 0.3) is 16.8 Å². The van der Waals surface area contributed by atoms with Gasteiger partial charge in [-0.25, -0.2) is 4.90 Å². The molecule has 0 bridgehead atoms. The first kappa shape index (κ1) is 24.2. The molecule has 3 aromatic carbocycles. The number of hydrogen-bond acceptors (Lipinski definition) is 6. The molecule has 3 aromatic rings. The first-order valence-corrected chi connectivity index (χ1v) is 11.6. The van der Waals surface area contributed by atoms with Crippen molar-refractivity contribution in [2.24, 2.45) is 0 Å². The summed E-state index contributed by atoms with van der Waals surface area (Å²) >= 11 is 5.36. The van der Waals surface area contributed by atoms with Gasteiger partial charge in [0.25, 0.3) is 11.8 Å². The maximum Gasteiger partial charge on any atom is 0.270 e. The molecule has 0 aromatic heterocycles. The van der Waals surface area contributed by atoms with Crippen LogP contribution >= 0.6 is 12.2 Å². The lowest BCUT2D eigenvalue weighted by molar-refractivity contribution is -0.122. The van der Waals surface area contributed by atoms with Gasteiger partial charge in [-0.2, -0.15) is 0 Å². The number of rotatable bonds is 7. The molecule has 0 saturated carbocycles. The number of fused-ring (bicyclic) bond motifs is 1. The zero-order chi connectivity index (χ0) is 25.1. The van der Waals surface area contributed by atoms with Gasteiger partial charge in [0.1, 0.15) is 22.8 Å². The number of nitrogens with zero attached hydrogens (tertiary/aromatic N) is 1. The second-order valence-electron chi connectivity index (χ2n) is 8.03. The van der Waals surface area contributed by atoms with Crippen LogP contribution < -0.4 is 24.4 Å². The first-order chi connectivity index (χ1) is 16.9. The molecular weight excluding hydrogens is 464 g/mol. The number of nitrogens with one attached hydrogen (secondary N) is 1. The van der Waals surface area contributed by atoms with Gasteiger partial charge in [-0.05, 0) is 60.6 Å². The van der Waals surface area contributed by atoms with Crippen LogP contribution in [0.2, 0.25) is 0 Å². The van der Waals surface area contributed by atoms with E-state index >= 15 is 0 Å². The summed E-state index contributed by atoms with van der Waals surface area (Å²) < 4.78 is 16.9. The van der Waals surface area contributed by atoms with Crippen LogP contribution in [0.5, 0.6) is 17.2 Å². The number of ether oxygens (including phenoxy) is 3. The maximum atomic E-state index is 13.7. The van der Waals surface area contributed by atoms with Crippen molar-refractivity contribution < 1.29 is 23.8 Å². The molecule has 0 aliphatic carbocycles. The molecule has 8 heteroatoms. The predicted octanol–water partition coefficient (Wildman–Crippen LogP) is 4.87. The maximum absolute atomic E-state index is 13.7. The Hall–Kier alpha value is -3.91. The highest BCUT2D eigenvalue weighted by Crippen LogP contribution is 2.36. The fraction of sp³-hybridized carbons (Fsp3) is 0.222. The minimum absolute atomic E-state index is 0.0328. The van der Waals surface area contributed by atoms with Crippen LogP contribution in [-0.2, 0) is 9.59 Å². The van der Waals surface area contributed by atoms with E-state index < -0.39 is 11.8 Å². The number of carbonyl (C=O) groups excluding carboxylic acids is 2. The fourth-order valence-electron chi connectivity index (χ4n) is 3.82. The van der Waals surface area contributed by atoms with Crippen molar-refractivity contribution in [1.82, 2.24) is 5.32 Å². The summed E-state index contributed by atoms with van der Waals surface area (Å²) in [5.41, 5.74) is 0.974. The van der Waals surface area contributed by atoms with Gasteiger partial charge < -0.3 is 14.2 Å². The molecule has 1 N–H and O–H groups in total. The normalized spacial score (nSPS) is 15.8. The quantitative estimate of drug-likeness (QED) is 0.289. The largest absolute Gasteiger partial charge is 0.497 e. The zero-order valence-electron chi connectivity index (χ0n) is 20.0. The van der Waals surface area contributed by atoms with E-state index in [1.165, 1.54) is 19.1 Å². The molecule has 1 fully saturated rings. The fourth-order valence-corrected chi connectivity index (χ4v) is 4.09. The van der Waals surface area contributed by atoms with Crippen LogP contribution in [0.4, 0.5) is 5.69 Å². The lowest BCUT2D eigenvalue weighted by atomic mass is 9.99. The van der Waals surface area contributed by atoms with Crippen molar-refractivity contribution in [1.29, 1.82) is 0 Å². The summed E-state index contributed by atoms with van der Waals surface area (Å²) in [6, 6.07) is 16.6. The second-order valence-corrected chi connectivity index (χ2v) is 8.42. The molecule has 180 valence electrons. The second kappa shape index (κ2) is 10.1. The van der Waals surface area contributed by atoms with Crippen molar-refractivity contribution in [2.45, 2.75) is 26.4 Å². The van der Waals surface area contributed by atoms with E-state index in [-0.39, 0.29) is 16.8 Å². The van der Waals surface area contributed by atoms with Crippen molar-refractivity contribution in [2.75, 3.05) is 19.1 Å². The molecule has 35 heavy (non-hydrogen) atoms. The van der Waals surface area contributed by atoms with Crippen LogP contribution in [0, 0.1) is 0 Å². The number of hydrogen-bond donors (Lipinski definition) is 1. The molecular formula is C27H26N2O5S. The Labute approximate surface area is 209 Å². The Morgan fingerprint density at radius 3 is 2.51 bits per heavy atom. The molecule has 1 aliphatic rings. The highest BCUT2D eigenvalue weighted by Gasteiger charge is 2.36. The average molecular weight is 491 g/mol. The minimum atomic E-state index is -0.578. The summed E-state index contributed by atoms with van der Waals surface area (Å²) in [4.78, 5) is 27.9. The van der Waals surface area contributed by atoms with Crippen molar-refractivity contribution >= 4 is 51.7 Å². The van der Waals surface area contributed by atoms with E-state index in [4.69, 9.17) is 26.4 Å². The van der Waals surface area contributed by atoms with Crippen molar-refractivity contribution in [3.05, 3.63) is 65.7 Å². The third-order valence-electron chi connectivity index (χ3n) is 5.85. The first-order valence-electron chi connectivity index (χ1n) is 11.2. The van der Waals surface area contributed by atoms with E-state index in [1.54, 1.807) is 24.3 Å². The molecule has 1 atom stereocenters. The monoisotopic (exact) mass is 490 g/mol. The van der Waals surface area contributed by atoms with E-state index in [2.05, 4.69) is 5.32 Å². The summed E-state index contributed by atoms with van der Waals surface area (Å²) in [6.45, 7) is 4.00. The van der Waals surface area contributed by atoms with Gasteiger partial charge in [0.05, 0.1) is 26.0 Å². The van der Waals surface area contributed by atoms with E-state index in [9.17, 15) is 9.59 Å². The molecule has 7 nitrogen and oxygen atoms in total. The Balaban J connectivity index is 1.86. The lowest BCUT2D eigenvalue weighted by Crippen LogP contribution is -2.54. The third-order valence-corrected chi connectivity index (χ3v) is 6.14. The Kier molecular flexibility index (Phi) is 7.02. The molecule has 0 radical (unpaired) electrons. The molecule has 0 spiro atoms. The van der Waals surface area contributed by atoms with Gasteiger partial charge in [-0.1, -0.05) is 37.3 Å². The molecule has 0 unspecified atom stereocenters. The Bertz CT molecular complexity index is 1350. The van der Waals surface area contributed by atoms with E-state index in [1.807, 2.05) is 50.2 Å². The standard InChI is InChI=1S/C27H26N2O5S/c1-5-16(2)34-23-13-10-17-8-6-7-9-19(17)20(23)15-21-25(30)28-27(35)29(26(21)31)22-12-11-18(32-3)14-24(22)33-4/h6-16H,5H2,1-4H3,(H,28,30,35)/b21-15+/t16-/m1/s1. The zero-order valence-corrected chi connectivity index (χ0v) is 20.8. The minimum Gasteiger partial charge on any atom is -0.497 e. The van der Waals surface area contributed by atoms with Crippen molar-refractivity contribution in [3.8, 4) is 17.2 Å². The van der Waals surface area contributed by atoms with E-state index in [0.29, 0.717) is 28.5 Å². The molecule has 1 aliphatic heterocycles. The highest BCUT2D eigenvalue weighted by molar-refractivity contribution is 7.80. The van der Waals surface area contributed by atoms with Gasteiger partial charge in [0, 0.05) is 11.6 Å². The summed E-state index contributed by atoms with van der Waals surface area (Å²) in [7, 11) is 3.02. The number of methoxy groups -OCH3 is 2. The van der Waals surface area contributed by atoms with Gasteiger partial charge in [0.15, 0.2) is 5.11 Å². The number of anilines is 1. The Morgan fingerprint density at radius 2 is 1.80 bits per heavy atom. The van der Waals surface area contributed by atoms with Gasteiger partial charge >= 0.3 is 0 Å². The summed E-state index contributed by atoms with van der Waals surface area (Å²) in [5, 5.41) is 4.42. The lowest BCUT2D eigenvalue weighted by Gasteiger charge is -2.30. The number of benzene rings is 3. The molecule has 1 heterocycles. The van der Waals surface area contributed by atoms with Crippen LogP contribution in [-0.4, -0.2) is 37.3 Å². The van der Waals surface area contributed by atoms with Crippen LogP contribution in [0.1, 0.15) is 25.8 Å². The predicted molar refractivity (Wildman–Crippen MR) is 140 cm³/mol. The number of thiocarbonyl (C=S) groups is 1. The number of amides is 2. The summed E-state index contributed by atoms with van der Waals surface area (Å²) in [5.74, 6) is 0.383. The summed E-state index contributed by atoms with van der Waals surface area (Å²) in [6.07, 6.45) is 2.33. The van der Waals surface area contributed by atoms with Crippen molar-refractivity contribution in [3.63, 3.8) is 0 Å². The molecule has 1 saturated heterocycles. The van der Waals surface area contributed by atoms with Gasteiger partial charge in [-0.15, -0.1) is 0 Å². The SMILES string of the molecule is CC[C@@H](C)Oc1ccc2ccccc2c1/C=C1\C(=O)NC(=S)N(c2ccc(OC)cc2OC)C1=O. The Morgan fingerprint density at radius 1 is 1.03 bits per heavy atom. The molecule has 4 rings (SSSR count). The smallest absolute Gasteiger partial charge is 0.270 e. The van der Waals surface area contributed by atoms with Gasteiger partial charge in [0.2, 0.25) is 0 Å². The van der Waals surface area contributed by atoms with Gasteiger partial charge in [-0.3, -0.25) is 14.9 Å². The van der Waals surface area contributed by atoms with Crippen LogP contribution in [0.15, 0.2) is 60.2 Å². The third kappa shape index (κ3) is 4.70. The molecule has 2 amide bonds. The average Bonchev–Trinajstić information content (AvgIpc) is 2.87. The highest BCUT2D eigenvalue weighted by atomic mass is 32.1. The number of carbonyl (C=O) groups is 2. The van der Waals surface area contributed by atoms with E-state index in [0.717, 1.165) is 17.2 Å². The topological polar surface area (TPSA) is 77.1 Å². The van der Waals surface area contributed by atoms with Crippen LogP contribution in [0.3, 0.4) is 0 Å².